The SMILES string of the molecule is COC(=O)CC(O)(C(=O)O)C(=O)OC. The number of esters is 2. The number of hydrogen-bond acceptors (Lipinski definition) is 6. The minimum atomic E-state index is -2.89. The Morgan fingerprint density at radius 2 is 1.71 bits per heavy atom. The lowest BCUT2D eigenvalue weighted by atomic mass is 10.0. The van der Waals surface area contributed by atoms with Gasteiger partial charge in [-0.3, -0.25) is 4.79 Å². The number of carbonyl (C=O) groups excluding carboxylic acids is 2. The van der Waals surface area contributed by atoms with Crippen LogP contribution in [0.1, 0.15) is 6.42 Å². The first-order valence-electron chi connectivity index (χ1n) is 3.49. The normalized spacial score (nSPS) is 13.9. The van der Waals surface area contributed by atoms with E-state index in [0.717, 1.165) is 14.2 Å². The molecule has 0 aliphatic heterocycles. The highest BCUT2D eigenvalue weighted by Gasteiger charge is 2.48. The number of carboxylic acid groups (broad SMARTS) is 1. The molecule has 0 spiro atoms. The van der Waals surface area contributed by atoms with Crippen LogP contribution in [0, 0.1) is 0 Å². The monoisotopic (exact) mass is 206 g/mol. The topological polar surface area (TPSA) is 110 Å². The highest BCUT2D eigenvalue weighted by atomic mass is 16.6. The average molecular weight is 206 g/mol. The number of rotatable bonds is 4. The maximum absolute atomic E-state index is 10.9. The third kappa shape index (κ3) is 2.43. The first-order chi connectivity index (χ1) is 6.38. The highest BCUT2D eigenvalue weighted by Crippen LogP contribution is 2.13. The van der Waals surface area contributed by atoms with Gasteiger partial charge in [0.2, 0.25) is 0 Å². The lowest BCUT2D eigenvalue weighted by Gasteiger charge is -2.18. The largest absolute Gasteiger partial charge is 0.479 e. The first-order valence-corrected chi connectivity index (χ1v) is 3.49. The zero-order valence-corrected chi connectivity index (χ0v) is 7.64. The standard InChI is InChI=1S/C7H10O7/c1-13-4(8)3-7(12,5(9)10)6(11)14-2/h12H,3H2,1-2H3,(H,9,10). The number of carbonyl (C=O) groups is 3. The van der Waals surface area contributed by atoms with Crippen LogP contribution >= 0.6 is 0 Å². The van der Waals surface area contributed by atoms with E-state index in [1.165, 1.54) is 0 Å². The van der Waals surface area contributed by atoms with Crippen LogP contribution in [0.2, 0.25) is 0 Å². The van der Waals surface area contributed by atoms with Crippen molar-refractivity contribution in [3.63, 3.8) is 0 Å². The minimum Gasteiger partial charge on any atom is -0.479 e. The van der Waals surface area contributed by atoms with E-state index >= 15 is 0 Å². The van der Waals surface area contributed by atoms with Crippen molar-refractivity contribution in [3.8, 4) is 0 Å². The Labute approximate surface area is 79.2 Å². The molecule has 80 valence electrons. The fourth-order valence-corrected chi connectivity index (χ4v) is 0.685. The zero-order chi connectivity index (χ0) is 11.4. The Balaban J connectivity index is 4.82. The third-order valence-electron chi connectivity index (χ3n) is 1.50. The van der Waals surface area contributed by atoms with Crippen molar-refractivity contribution in [2.45, 2.75) is 12.0 Å². The van der Waals surface area contributed by atoms with Crippen molar-refractivity contribution in [1.82, 2.24) is 0 Å². The van der Waals surface area contributed by atoms with Crippen molar-refractivity contribution in [1.29, 1.82) is 0 Å². The fraction of sp³-hybridized carbons (Fsp3) is 0.571. The lowest BCUT2D eigenvalue weighted by Crippen LogP contribution is -2.49. The van der Waals surface area contributed by atoms with Gasteiger partial charge in [0.15, 0.2) is 0 Å². The summed E-state index contributed by atoms with van der Waals surface area (Å²) in [5, 5.41) is 17.8. The van der Waals surface area contributed by atoms with Gasteiger partial charge >= 0.3 is 17.9 Å². The molecular formula is C7H10O7. The molecule has 0 aromatic carbocycles. The number of aliphatic hydroxyl groups is 1. The average Bonchev–Trinajstić information content (AvgIpc) is 2.15. The van der Waals surface area contributed by atoms with Crippen LogP contribution in [0.25, 0.3) is 0 Å². The summed E-state index contributed by atoms with van der Waals surface area (Å²) in [5.74, 6) is -4.31. The van der Waals surface area contributed by atoms with Gasteiger partial charge in [0.25, 0.3) is 5.60 Å². The lowest BCUT2D eigenvalue weighted by molar-refractivity contribution is -0.183. The predicted molar refractivity (Wildman–Crippen MR) is 41.2 cm³/mol. The van der Waals surface area contributed by atoms with E-state index in [-0.39, 0.29) is 0 Å². The molecule has 0 aromatic rings. The van der Waals surface area contributed by atoms with Crippen LogP contribution in [0.5, 0.6) is 0 Å². The van der Waals surface area contributed by atoms with Crippen LogP contribution in [0.15, 0.2) is 0 Å². The summed E-state index contributed by atoms with van der Waals surface area (Å²) in [6.07, 6.45) is -0.995. The summed E-state index contributed by atoms with van der Waals surface area (Å²) in [7, 11) is 1.90. The van der Waals surface area contributed by atoms with Gasteiger partial charge in [0.05, 0.1) is 20.6 Å². The van der Waals surface area contributed by atoms with Crippen molar-refractivity contribution in [3.05, 3.63) is 0 Å². The molecule has 1 unspecified atom stereocenters. The molecule has 2 N–H and O–H groups in total. The Morgan fingerprint density at radius 3 is 2.00 bits per heavy atom. The molecular weight excluding hydrogens is 196 g/mol. The van der Waals surface area contributed by atoms with Crippen LogP contribution < -0.4 is 0 Å². The number of ether oxygens (including phenoxy) is 2. The van der Waals surface area contributed by atoms with Gasteiger partial charge in [0.1, 0.15) is 0 Å². The number of methoxy groups -OCH3 is 2. The predicted octanol–water partition coefficient (Wildman–Crippen LogP) is -1.46. The second kappa shape index (κ2) is 4.56. The van der Waals surface area contributed by atoms with Crippen molar-refractivity contribution in [2.75, 3.05) is 14.2 Å². The molecule has 0 aliphatic carbocycles. The fourth-order valence-electron chi connectivity index (χ4n) is 0.685. The molecule has 0 aromatic heterocycles. The van der Waals surface area contributed by atoms with Gasteiger partial charge in [0, 0.05) is 0 Å². The Bertz CT molecular complexity index is 259. The van der Waals surface area contributed by atoms with E-state index in [2.05, 4.69) is 9.47 Å². The van der Waals surface area contributed by atoms with E-state index in [1.807, 2.05) is 0 Å². The van der Waals surface area contributed by atoms with E-state index in [9.17, 15) is 19.5 Å². The molecule has 0 rings (SSSR count). The second-order valence-corrected chi connectivity index (χ2v) is 2.41. The van der Waals surface area contributed by atoms with Gasteiger partial charge < -0.3 is 19.7 Å². The Hall–Kier alpha value is -1.63. The molecule has 0 aliphatic rings. The first kappa shape index (κ1) is 12.4. The number of carboxylic acids is 1. The molecule has 0 heterocycles. The summed E-state index contributed by atoms with van der Waals surface area (Å²) >= 11 is 0. The molecule has 0 amide bonds. The van der Waals surface area contributed by atoms with Crippen molar-refractivity contribution >= 4 is 17.9 Å². The summed E-state index contributed by atoms with van der Waals surface area (Å²) in [4.78, 5) is 32.1. The molecule has 0 radical (unpaired) electrons. The van der Waals surface area contributed by atoms with Crippen molar-refractivity contribution < 1.29 is 34.1 Å². The summed E-state index contributed by atoms with van der Waals surface area (Å²) in [5.41, 5.74) is -2.89. The smallest absolute Gasteiger partial charge is 0.350 e. The van der Waals surface area contributed by atoms with Gasteiger partial charge in [-0.15, -0.1) is 0 Å². The van der Waals surface area contributed by atoms with Crippen LogP contribution in [-0.4, -0.2) is 47.9 Å². The molecule has 0 saturated heterocycles. The molecule has 7 heteroatoms. The summed E-state index contributed by atoms with van der Waals surface area (Å²) < 4.78 is 8.17. The van der Waals surface area contributed by atoms with E-state index in [1.54, 1.807) is 0 Å². The molecule has 0 fully saturated rings. The van der Waals surface area contributed by atoms with E-state index in [0.29, 0.717) is 0 Å². The van der Waals surface area contributed by atoms with Gasteiger partial charge in [-0.2, -0.15) is 0 Å². The van der Waals surface area contributed by atoms with Gasteiger partial charge in [-0.25, -0.2) is 9.59 Å². The summed E-state index contributed by atoms with van der Waals surface area (Å²) in [6.45, 7) is 0. The molecule has 0 bridgehead atoms. The maximum atomic E-state index is 10.9. The van der Waals surface area contributed by atoms with Crippen LogP contribution in [-0.2, 0) is 23.9 Å². The van der Waals surface area contributed by atoms with Crippen LogP contribution in [0.4, 0.5) is 0 Å². The maximum Gasteiger partial charge on any atom is 0.350 e. The quantitative estimate of drug-likeness (QED) is 0.427. The zero-order valence-electron chi connectivity index (χ0n) is 7.64. The van der Waals surface area contributed by atoms with Gasteiger partial charge in [-0.05, 0) is 0 Å². The van der Waals surface area contributed by atoms with E-state index in [4.69, 9.17) is 5.11 Å². The number of hydrogen-bond donors (Lipinski definition) is 2. The molecule has 0 saturated carbocycles. The van der Waals surface area contributed by atoms with Crippen molar-refractivity contribution in [2.24, 2.45) is 0 Å². The highest BCUT2D eigenvalue weighted by molar-refractivity contribution is 6.05. The molecule has 7 nitrogen and oxygen atoms in total. The van der Waals surface area contributed by atoms with Gasteiger partial charge in [-0.1, -0.05) is 0 Å². The summed E-state index contributed by atoms with van der Waals surface area (Å²) in [6, 6.07) is 0. The third-order valence-corrected chi connectivity index (χ3v) is 1.50. The minimum absolute atomic E-state index is 0.896. The molecule has 14 heavy (non-hydrogen) atoms. The Kier molecular flexibility index (Phi) is 4.03. The van der Waals surface area contributed by atoms with E-state index < -0.39 is 29.9 Å². The second-order valence-electron chi connectivity index (χ2n) is 2.41. The number of aliphatic carboxylic acids is 1. The Morgan fingerprint density at radius 1 is 1.21 bits per heavy atom. The molecule has 1 atom stereocenters. The van der Waals surface area contributed by atoms with Crippen LogP contribution in [0.3, 0.4) is 0 Å².